The van der Waals surface area contributed by atoms with Crippen LogP contribution in [0.3, 0.4) is 0 Å². The standard InChI is InChI=1S/C23H33BrN6/c24-19-12-26-30-21(19)27-20-5-10-25-9-4-18(20)22(30)29-14-17(15-29)13-28-11-8-23(16-28)6-2-1-3-7-23/h12,17,25H,1-11,13-16H2. The second-order valence-electron chi connectivity index (χ2n) is 10.2. The summed E-state index contributed by atoms with van der Waals surface area (Å²) in [5.74, 6) is 2.08. The predicted octanol–water partition coefficient (Wildman–Crippen LogP) is 3.27. The van der Waals surface area contributed by atoms with Crippen LogP contribution in [0.25, 0.3) is 5.65 Å². The number of halogens is 1. The van der Waals surface area contributed by atoms with Gasteiger partial charge in [-0.25, -0.2) is 4.98 Å². The minimum atomic E-state index is 0.671. The molecule has 1 N–H and O–H groups in total. The third-order valence-electron chi connectivity index (χ3n) is 8.06. The summed E-state index contributed by atoms with van der Waals surface area (Å²) in [5, 5.41) is 8.22. The van der Waals surface area contributed by atoms with Crippen LogP contribution in [0.1, 0.15) is 49.8 Å². The highest BCUT2D eigenvalue weighted by molar-refractivity contribution is 9.10. The number of fused-ring (bicyclic) bond motifs is 2. The fourth-order valence-corrected chi connectivity index (χ4v) is 6.83. The molecule has 2 saturated heterocycles. The van der Waals surface area contributed by atoms with Crippen LogP contribution in [-0.2, 0) is 12.8 Å². The zero-order valence-electron chi connectivity index (χ0n) is 17.9. The quantitative estimate of drug-likeness (QED) is 0.742. The summed E-state index contributed by atoms with van der Waals surface area (Å²) in [7, 11) is 0. The lowest BCUT2D eigenvalue weighted by molar-refractivity contribution is 0.170. The maximum atomic E-state index is 4.97. The van der Waals surface area contributed by atoms with Gasteiger partial charge in [-0.15, -0.1) is 0 Å². The van der Waals surface area contributed by atoms with E-state index in [4.69, 9.17) is 4.98 Å². The summed E-state index contributed by atoms with van der Waals surface area (Å²) in [4.78, 5) is 10.3. The average molecular weight is 473 g/mol. The van der Waals surface area contributed by atoms with E-state index < -0.39 is 0 Å². The van der Waals surface area contributed by atoms with Crippen LogP contribution in [-0.4, -0.2) is 65.3 Å². The molecule has 3 fully saturated rings. The highest BCUT2D eigenvalue weighted by Crippen LogP contribution is 2.44. The Morgan fingerprint density at radius 3 is 2.80 bits per heavy atom. The molecule has 0 radical (unpaired) electrons. The number of likely N-dealkylation sites (tertiary alicyclic amines) is 1. The van der Waals surface area contributed by atoms with E-state index in [0.717, 1.165) is 55.1 Å². The summed E-state index contributed by atoms with van der Waals surface area (Å²) >= 11 is 3.66. The molecule has 0 unspecified atom stereocenters. The van der Waals surface area contributed by atoms with Crippen LogP contribution < -0.4 is 10.2 Å². The minimum Gasteiger partial charge on any atom is -0.355 e. The van der Waals surface area contributed by atoms with Crippen molar-refractivity contribution in [1.82, 2.24) is 24.8 Å². The van der Waals surface area contributed by atoms with Gasteiger partial charge in [-0.1, -0.05) is 19.3 Å². The molecule has 5 heterocycles. The van der Waals surface area contributed by atoms with E-state index in [2.05, 4.69) is 40.7 Å². The molecule has 1 aliphatic carbocycles. The lowest BCUT2D eigenvalue weighted by Gasteiger charge is -2.43. The number of hydrogen-bond donors (Lipinski definition) is 1. The first-order valence-electron chi connectivity index (χ1n) is 11.9. The van der Waals surface area contributed by atoms with Crippen LogP contribution in [0.15, 0.2) is 10.7 Å². The van der Waals surface area contributed by atoms with E-state index in [1.54, 1.807) is 0 Å². The highest BCUT2D eigenvalue weighted by atomic mass is 79.9. The molecule has 0 aromatic carbocycles. The molecule has 2 aromatic rings. The summed E-state index contributed by atoms with van der Waals surface area (Å²) in [5.41, 5.74) is 4.30. The fourth-order valence-electron chi connectivity index (χ4n) is 6.48. The first kappa shape index (κ1) is 19.5. The molecule has 6 nitrogen and oxygen atoms in total. The van der Waals surface area contributed by atoms with Crippen molar-refractivity contribution in [3.8, 4) is 0 Å². The van der Waals surface area contributed by atoms with Gasteiger partial charge in [0.1, 0.15) is 5.82 Å². The number of aromatic nitrogens is 3. The molecule has 1 spiro atoms. The van der Waals surface area contributed by atoms with Gasteiger partial charge < -0.3 is 15.1 Å². The molecule has 0 amide bonds. The van der Waals surface area contributed by atoms with Gasteiger partial charge in [-0.3, -0.25) is 0 Å². The Balaban J connectivity index is 1.18. The van der Waals surface area contributed by atoms with Crippen molar-refractivity contribution in [3.63, 3.8) is 0 Å². The van der Waals surface area contributed by atoms with Crippen LogP contribution in [0.5, 0.6) is 0 Å². The van der Waals surface area contributed by atoms with E-state index in [1.807, 2.05) is 6.20 Å². The van der Waals surface area contributed by atoms with Crippen LogP contribution >= 0.6 is 15.9 Å². The number of nitrogens with one attached hydrogen (secondary N) is 1. The zero-order valence-corrected chi connectivity index (χ0v) is 19.5. The SMILES string of the molecule is Brc1cnn2c(N3CC(CN4CCC5(CCCCC5)C4)C3)c3c(nc12)CCNCC3. The molecule has 30 heavy (non-hydrogen) atoms. The van der Waals surface area contributed by atoms with E-state index in [0.29, 0.717) is 5.41 Å². The molecule has 0 atom stereocenters. The van der Waals surface area contributed by atoms with Crippen molar-refractivity contribution in [2.45, 2.75) is 51.4 Å². The second kappa shape index (κ2) is 7.75. The van der Waals surface area contributed by atoms with Gasteiger partial charge in [0.25, 0.3) is 0 Å². The van der Waals surface area contributed by atoms with E-state index in [-0.39, 0.29) is 0 Å². The minimum absolute atomic E-state index is 0.671. The molecule has 7 heteroatoms. The lowest BCUT2D eigenvalue weighted by atomic mass is 9.73. The fraction of sp³-hybridized carbons (Fsp3) is 0.739. The Hall–Kier alpha value is -1.18. The molecule has 162 valence electrons. The molecular formula is C23H33BrN6. The van der Waals surface area contributed by atoms with Crippen LogP contribution in [0.2, 0.25) is 0 Å². The molecule has 4 aliphatic rings. The Morgan fingerprint density at radius 1 is 1.10 bits per heavy atom. The molecule has 0 bridgehead atoms. The highest BCUT2D eigenvalue weighted by Gasteiger charge is 2.41. The van der Waals surface area contributed by atoms with E-state index in [1.165, 1.54) is 75.2 Å². The summed E-state index contributed by atoms with van der Waals surface area (Å²) in [6.45, 7) is 8.31. The van der Waals surface area contributed by atoms with Gasteiger partial charge in [-0.2, -0.15) is 9.61 Å². The Kier molecular flexibility index (Phi) is 5.04. The predicted molar refractivity (Wildman–Crippen MR) is 123 cm³/mol. The first-order chi connectivity index (χ1) is 14.7. The van der Waals surface area contributed by atoms with Crippen molar-refractivity contribution in [1.29, 1.82) is 0 Å². The van der Waals surface area contributed by atoms with Crippen LogP contribution in [0.4, 0.5) is 5.82 Å². The van der Waals surface area contributed by atoms with Crippen molar-refractivity contribution >= 4 is 27.4 Å². The van der Waals surface area contributed by atoms with Crippen molar-refractivity contribution in [2.24, 2.45) is 11.3 Å². The molecule has 6 rings (SSSR count). The van der Waals surface area contributed by atoms with Gasteiger partial charge in [0.2, 0.25) is 0 Å². The number of nitrogens with zero attached hydrogens (tertiary/aromatic N) is 5. The van der Waals surface area contributed by atoms with Crippen molar-refractivity contribution in [2.75, 3.05) is 50.7 Å². The maximum Gasteiger partial charge on any atom is 0.171 e. The number of rotatable bonds is 3. The van der Waals surface area contributed by atoms with Gasteiger partial charge in [-0.05, 0) is 60.1 Å². The van der Waals surface area contributed by atoms with Gasteiger partial charge in [0.05, 0.1) is 16.4 Å². The summed E-state index contributed by atoms with van der Waals surface area (Å²) in [6, 6.07) is 0. The third kappa shape index (κ3) is 3.37. The van der Waals surface area contributed by atoms with Crippen LogP contribution in [0, 0.1) is 11.3 Å². The first-order valence-corrected chi connectivity index (χ1v) is 12.7. The zero-order chi connectivity index (χ0) is 20.1. The molecule has 1 saturated carbocycles. The lowest BCUT2D eigenvalue weighted by Crippen LogP contribution is -2.52. The topological polar surface area (TPSA) is 48.7 Å². The summed E-state index contributed by atoms with van der Waals surface area (Å²) in [6.07, 6.45) is 12.7. The Labute approximate surface area is 187 Å². The molecule has 2 aromatic heterocycles. The average Bonchev–Trinajstić information content (AvgIpc) is 3.18. The maximum absolute atomic E-state index is 4.97. The van der Waals surface area contributed by atoms with Crippen molar-refractivity contribution < 1.29 is 0 Å². The number of hydrogen-bond acceptors (Lipinski definition) is 5. The monoisotopic (exact) mass is 472 g/mol. The Morgan fingerprint density at radius 2 is 1.93 bits per heavy atom. The van der Waals surface area contributed by atoms with Crippen molar-refractivity contribution in [3.05, 3.63) is 21.9 Å². The van der Waals surface area contributed by atoms with Gasteiger partial charge in [0.15, 0.2) is 5.65 Å². The van der Waals surface area contributed by atoms with E-state index >= 15 is 0 Å². The Bertz CT molecular complexity index is 927. The number of anilines is 1. The molecular weight excluding hydrogens is 440 g/mol. The largest absolute Gasteiger partial charge is 0.355 e. The smallest absolute Gasteiger partial charge is 0.171 e. The van der Waals surface area contributed by atoms with Gasteiger partial charge in [0, 0.05) is 50.6 Å². The van der Waals surface area contributed by atoms with Gasteiger partial charge >= 0.3 is 0 Å². The normalized spacial score (nSPS) is 24.9. The third-order valence-corrected chi connectivity index (χ3v) is 8.61. The van der Waals surface area contributed by atoms with E-state index in [9.17, 15) is 0 Å². The molecule has 3 aliphatic heterocycles. The summed E-state index contributed by atoms with van der Waals surface area (Å²) < 4.78 is 3.08. The second-order valence-corrected chi connectivity index (χ2v) is 11.0.